The highest BCUT2D eigenvalue weighted by molar-refractivity contribution is 6.30. The Morgan fingerprint density at radius 3 is 3.00 bits per heavy atom. The van der Waals surface area contributed by atoms with Gasteiger partial charge >= 0.3 is 0 Å². The predicted octanol–water partition coefficient (Wildman–Crippen LogP) is 2.70. The lowest BCUT2D eigenvalue weighted by atomic mass is 10.0. The smallest absolute Gasteiger partial charge is 0.246 e. The average molecular weight is 337 g/mol. The fraction of sp³-hybridized carbons (Fsp3) is 0.412. The van der Waals surface area contributed by atoms with E-state index in [1.54, 1.807) is 12.1 Å². The van der Waals surface area contributed by atoms with Crippen molar-refractivity contribution >= 4 is 23.4 Å². The molecule has 0 spiro atoms. The number of nitrogens with zero attached hydrogens (tertiary/aromatic N) is 1. The third kappa shape index (κ3) is 4.48. The van der Waals surface area contributed by atoms with E-state index in [9.17, 15) is 9.59 Å². The number of hydrogen-bond donors (Lipinski definition) is 1. The third-order valence-electron chi connectivity index (χ3n) is 3.78. The van der Waals surface area contributed by atoms with Crippen molar-refractivity contribution in [1.82, 2.24) is 10.2 Å². The van der Waals surface area contributed by atoms with Crippen LogP contribution in [-0.2, 0) is 9.59 Å². The second-order valence-electron chi connectivity index (χ2n) is 5.35. The van der Waals surface area contributed by atoms with Gasteiger partial charge in [-0.25, -0.2) is 0 Å². The first-order chi connectivity index (χ1) is 11.0. The van der Waals surface area contributed by atoms with Gasteiger partial charge in [0.15, 0.2) is 0 Å². The first-order valence-corrected chi connectivity index (χ1v) is 8.06. The fourth-order valence-electron chi connectivity index (χ4n) is 2.58. The fourth-order valence-corrected chi connectivity index (χ4v) is 2.75. The molecule has 124 valence electrons. The van der Waals surface area contributed by atoms with Gasteiger partial charge in [0, 0.05) is 17.1 Å². The second kappa shape index (κ2) is 8.02. The first kappa shape index (κ1) is 17.3. The molecular weight excluding hydrogens is 316 g/mol. The van der Waals surface area contributed by atoms with Crippen LogP contribution in [0.5, 0.6) is 5.75 Å². The largest absolute Gasteiger partial charge is 0.493 e. The Hall–Kier alpha value is -2.01. The highest BCUT2D eigenvalue weighted by atomic mass is 35.5. The van der Waals surface area contributed by atoms with Crippen LogP contribution in [0.25, 0.3) is 0 Å². The average Bonchev–Trinajstić information content (AvgIpc) is 2.73. The molecule has 0 aromatic heterocycles. The van der Waals surface area contributed by atoms with Gasteiger partial charge in [-0.2, -0.15) is 0 Å². The summed E-state index contributed by atoms with van der Waals surface area (Å²) < 4.78 is 5.69. The van der Waals surface area contributed by atoms with Crippen LogP contribution in [-0.4, -0.2) is 36.4 Å². The quantitative estimate of drug-likeness (QED) is 0.841. The molecule has 2 rings (SSSR count). The number of likely N-dealkylation sites (N-methyl/N-ethyl adjacent to an activating group) is 1. The van der Waals surface area contributed by atoms with Crippen LogP contribution in [0, 0.1) is 0 Å². The van der Waals surface area contributed by atoms with Crippen molar-refractivity contribution < 1.29 is 14.3 Å². The number of carbonyl (C=O) groups excluding carboxylic acids is 2. The zero-order valence-electron chi connectivity index (χ0n) is 13.2. The molecular formula is C17H21ClN2O3. The van der Waals surface area contributed by atoms with Gasteiger partial charge in [0.1, 0.15) is 5.75 Å². The van der Waals surface area contributed by atoms with Gasteiger partial charge in [0.2, 0.25) is 11.8 Å². The van der Waals surface area contributed by atoms with Gasteiger partial charge in [-0.15, -0.1) is 0 Å². The number of rotatable bonds is 5. The Morgan fingerprint density at radius 2 is 2.30 bits per heavy atom. The summed E-state index contributed by atoms with van der Waals surface area (Å²) in [6.07, 6.45) is 2.83. The SMILES string of the molecule is C=CC(=O)N(CC)CC(=O)NC1CCCOc2cc(Cl)ccc21. The maximum atomic E-state index is 12.3. The maximum absolute atomic E-state index is 12.3. The van der Waals surface area contributed by atoms with Gasteiger partial charge in [0.05, 0.1) is 19.2 Å². The topological polar surface area (TPSA) is 58.6 Å². The van der Waals surface area contributed by atoms with Crippen molar-refractivity contribution in [1.29, 1.82) is 0 Å². The Morgan fingerprint density at radius 1 is 1.52 bits per heavy atom. The van der Waals surface area contributed by atoms with E-state index in [1.807, 2.05) is 13.0 Å². The van der Waals surface area contributed by atoms with Crippen molar-refractivity contribution in [2.45, 2.75) is 25.8 Å². The summed E-state index contributed by atoms with van der Waals surface area (Å²) in [5.41, 5.74) is 0.915. The molecule has 1 atom stereocenters. The number of amides is 2. The van der Waals surface area contributed by atoms with Crippen molar-refractivity contribution in [3.05, 3.63) is 41.4 Å². The van der Waals surface area contributed by atoms with E-state index in [4.69, 9.17) is 16.3 Å². The minimum absolute atomic E-state index is 0.0155. The van der Waals surface area contributed by atoms with E-state index in [2.05, 4.69) is 11.9 Å². The summed E-state index contributed by atoms with van der Waals surface area (Å²) in [6.45, 7) is 6.34. The molecule has 5 nitrogen and oxygen atoms in total. The van der Waals surface area contributed by atoms with Gasteiger partial charge in [0.25, 0.3) is 0 Å². The lowest BCUT2D eigenvalue weighted by Crippen LogP contribution is -2.41. The molecule has 0 bridgehead atoms. The van der Waals surface area contributed by atoms with Gasteiger partial charge < -0.3 is 15.0 Å². The Kier molecular flexibility index (Phi) is 6.04. The Balaban J connectivity index is 2.09. The van der Waals surface area contributed by atoms with Crippen LogP contribution in [0.1, 0.15) is 31.4 Å². The molecule has 1 heterocycles. The highest BCUT2D eigenvalue weighted by Gasteiger charge is 2.23. The van der Waals surface area contributed by atoms with E-state index >= 15 is 0 Å². The van der Waals surface area contributed by atoms with Gasteiger partial charge in [-0.3, -0.25) is 9.59 Å². The van der Waals surface area contributed by atoms with Crippen molar-refractivity contribution in [3.8, 4) is 5.75 Å². The first-order valence-electron chi connectivity index (χ1n) is 7.68. The number of ether oxygens (including phenoxy) is 1. The number of halogens is 1. The summed E-state index contributed by atoms with van der Waals surface area (Å²) in [5, 5.41) is 3.59. The molecule has 1 aliphatic rings. The van der Waals surface area contributed by atoms with E-state index in [-0.39, 0.29) is 24.4 Å². The zero-order chi connectivity index (χ0) is 16.8. The normalized spacial score (nSPS) is 16.5. The van der Waals surface area contributed by atoms with Crippen LogP contribution in [0.4, 0.5) is 0 Å². The molecule has 0 saturated heterocycles. The Bertz CT molecular complexity index is 604. The minimum Gasteiger partial charge on any atom is -0.493 e. The number of benzene rings is 1. The highest BCUT2D eigenvalue weighted by Crippen LogP contribution is 2.33. The van der Waals surface area contributed by atoms with Crippen LogP contribution in [0.2, 0.25) is 5.02 Å². The van der Waals surface area contributed by atoms with Crippen LogP contribution < -0.4 is 10.1 Å². The van der Waals surface area contributed by atoms with Crippen LogP contribution in [0.3, 0.4) is 0 Å². The third-order valence-corrected chi connectivity index (χ3v) is 4.02. The van der Waals surface area contributed by atoms with E-state index in [1.165, 1.54) is 11.0 Å². The Labute approximate surface area is 141 Å². The van der Waals surface area contributed by atoms with E-state index < -0.39 is 0 Å². The predicted molar refractivity (Wildman–Crippen MR) is 89.5 cm³/mol. The number of fused-ring (bicyclic) bond motifs is 1. The van der Waals surface area contributed by atoms with E-state index in [0.29, 0.717) is 23.9 Å². The van der Waals surface area contributed by atoms with Crippen LogP contribution >= 0.6 is 11.6 Å². The van der Waals surface area contributed by atoms with E-state index in [0.717, 1.165) is 18.4 Å². The van der Waals surface area contributed by atoms with Crippen molar-refractivity contribution in [2.75, 3.05) is 19.7 Å². The monoisotopic (exact) mass is 336 g/mol. The molecule has 0 radical (unpaired) electrons. The molecule has 1 N–H and O–H groups in total. The molecule has 1 aliphatic heterocycles. The lowest BCUT2D eigenvalue weighted by molar-refractivity contribution is -0.132. The molecule has 1 aromatic rings. The maximum Gasteiger partial charge on any atom is 0.246 e. The van der Waals surface area contributed by atoms with Crippen molar-refractivity contribution in [2.24, 2.45) is 0 Å². The number of carbonyl (C=O) groups is 2. The lowest BCUT2D eigenvalue weighted by Gasteiger charge is -2.22. The van der Waals surface area contributed by atoms with Crippen LogP contribution in [0.15, 0.2) is 30.9 Å². The zero-order valence-corrected chi connectivity index (χ0v) is 13.9. The molecule has 1 unspecified atom stereocenters. The molecule has 0 aliphatic carbocycles. The molecule has 0 fully saturated rings. The molecule has 1 aromatic carbocycles. The van der Waals surface area contributed by atoms with Gasteiger partial charge in [-0.05, 0) is 38.0 Å². The summed E-state index contributed by atoms with van der Waals surface area (Å²) in [5.74, 6) is 0.253. The molecule has 0 saturated carbocycles. The minimum atomic E-state index is -0.251. The molecule has 6 heteroatoms. The summed E-state index contributed by atoms with van der Waals surface area (Å²) in [6, 6.07) is 5.28. The van der Waals surface area contributed by atoms with Gasteiger partial charge in [-0.1, -0.05) is 24.2 Å². The van der Waals surface area contributed by atoms with Crippen molar-refractivity contribution in [3.63, 3.8) is 0 Å². The second-order valence-corrected chi connectivity index (χ2v) is 5.79. The number of nitrogens with one attached hydrogen (secondary N) is 1. The molecule has 23 heavy (non-hydrogen) atoms. The number of hydrogen-bond acceptors (Lipinski definition) is 3. The standard InChI is InChI=1S/C17H21ClN2O3/c1-3-17(22)20(4-2)11-16(21)19-14-6-5-9-23-15-10-12(18)7-8-13(14)15/h3,7-8,10,14H,1,4-6,9,11H2,2H3,(H,19,21). The summed E-state index contributed by atoms with van der Waals surface area (Å²) >= 11 is 6.00. The summed E-state index contributed by atoms with van der Waals surface area (Å²) in [7, 11) is 0. The molecule has 2 amide bonds. The summed E-state index contributed by atoms with van der Waals surface area (Å²) in [4.78, 5) is 25.4.